The van der Waals surface area contributed by atoms with Crippen molar-refractivity contribution in [2.45, 2.75) is 96.9 Å². The van der Waals surface area contributed by atoms with Crippen molar-refractivity contribution >= 4 is 0 Å². The molecule has 0 radical (unpaired) electrons. The van der Waals surface area contributed by atoms with Crippen molar-refractivity contribution in [1.29, 1.82) is 0 Å². The minimum absolute atomic E-state index is 0.504. The molecule has 0 N–H and O–H groups in total. The van der Waals surface area contributed by atoms with E-state index in [1.165, 1.54) is 83.7 Å². The van der Waals surface area contributed by atoms with Crippen LogP contribution in [-0.2, 0) is 0 Å². The van der Waals surface area contributed by atoms with Gasteiger partial charge in [-0.05, 0) is 45.7 Å². The van der Waals surface area contributed by atoms with Gasteiger partial charge in [-0.3, -0.25) is 4.90 Å². The van der Waals surface area contributed by atoms with E-state index in [-0.39, 0.29) is 0 Å². The molecule has 0 aliphatic carbocycles. The molecule has 18 heavy (non-hydrogen) atoms. The Hall–Kier alpha value is -0.0400. The van der Waals surface area contributed by atoms with Crippen LogP contribution >= 0.6 is 0 Å². The Morgan fingerprint density at radius 1 is 0.778 bits per heavy atom. The zero-order valence-corrected chi connectivity index (χ0v) is 13.1. The molecule has 108 valence electrons. The number of nitrogens with zero attached hydrogens (tertiary/aromatic N) is 1. The van der Waals surface area contributed by atoms with Crippen LogP contribution < -0.4 is 0 Å². The fourth-order valence-corrected chi connectivity index (χ4v) is 3.37. The van der Waals surface area contributed by atoms with E-state index in [4.69, 9.17) is 0 Å². The van der Waals surface area contributed by atoms with Crippen molar-refractivity contribution in [3.8, 4) is 0 Å². The summed E-state index contributed by atoms with van der Waals surface area (Å²) in [6.07, 6.45) is 15.5. The van der Waals surface area contributed by atoms with Crippen LogP contribution in [0.25, 0.3) is 0 Å². The maximum atomic E-state index is 2.82. The van der Waals surface area contributed by atoms with E-state index in [0.717, 1.165) is 0 Å². The zero-order chi connectivity index (χ0) is 13.3. The predicted octanol–water partition coefficient (Wildman–Crippen LogP) is 5.39. The third kappa shape index (κ3) is 5.30. The molecule has 0 aromatic rings. The first-order valence-electron chi connectivity index (χ1n) is 8.48. The maximum Gasteiger partial charge on any atom is 0.0181 e. The molecule has 0 aromatic heterocycles. The first-order valence-corrected chi connectivity index (χ1v) is 8.48. The molecule has 0 spiro atoms. The van der Waals surface area contributed by atoms with Crippen LogP contribution in [-0.4, -0.2) is 23.5 Å². The van der Waals surface area contributed by atoms with Crippen LogP contribution in [0.4, 0.5) is 0 Å². The first kappa shape index (κ1) is 16.0. The van der Waals surface area contributed by atoms with E-state index in [1.807, 2.05) is 0 Å². The van der Waals surface area contributed by atoms with Crippen molar-refractivity contribution in [3.63, 3.8) is 0 Å². The average Bonchev–Trinajstić information content (AvgIpc) is 2.42. The third-order valence-corrected chi connectivity index (χ3v) is 4.76. The summed E-state index contributed by atoms with van der Waals surface area (Å²) in [5, 5.41) is 0. The van der Waals surface area contributed by atoms with Crippen molar-refractivity contribution in [2.24, 2.45) is 0 Å². The van der Waals surface area contributed by atoms with Gasteiger partial charge in [0.2, 0.25) is 0 Å². The molecule has 0 saturated carbocycles. The second kappa shape index (κ2) is 8.96. The van der Waals surface area contributed by atoms with Crippen LogP contribution in [0.1, 0.15) is 91.4 Å². The van der Waals surface area contributed by atoms with Crippen molar-refractivity contribution in [1.82, 2.24) is 4.90 Å². The van der Waals surface area contributed by atoms with E-state index >= 15 is 0 Å². The van der Waals surface area contributed by atoms with Crippen LogP contribution in [0, 0.1) is 0 Å². The van der Waals surface area contributed by atoms with Gasteiger partial charge in [-0.2, -0.15) is 0 Å². The molecule has 1 aliphatic heterocycles. The van der Waals surface area contributed by atoms with Gasteiger partial charge in [0, 0.05) is 5.54 Å². The molecule has 0 amide bonds. The fraction of sp³-hybridized carbons (Fsp3) is 1.00. The average molecular weight is 253 g/mol. The van der Waals surface area contributed by atoms with Gasteiger partial charge in [-0.1, -0.05) is 58.8 Å². The van der Waals surface area contributed by atoms with Gasteiger partial charge in [-0.15, -0.1) is 0 Å². The van der Waals surface area contributed by atoms with E-state index in [0.29, 0.717) is 5.54 Å². The van der Waals surface area contributed by atoms with Gasteiger partial charge >= 0.3 is 0 Å². The highest BCUT2D eigenvalue weighted by Gasteiger charge is 2.31. The Bertz CT molecular complexity index is 196. The highest BCUT2D eigenvalue weighted by Crippen LogP contribution is 2.31. The number of unbranched alkanes of at least 4 members (excludes halogenated alkanes) is 4. The molecule has 1 aliphatic rings. The minimum atomic E-state index is 0.504. The molecule has 1 unspecified atom stereocenters. The minimum Gasteiger partial charge on any atom is -0.298 e. The summed E-state index contributed by atoms with van der Waals surface area (Å²) in [7, 11) is 0. The van der Waals surface area contributed by atoms with E-state index in [2.05, 4.69) is 25.7 Å². The predicted molar refractivity (Wildman–Crippen MR) is 82.1 cm³/mol. The van der Waals surface area contributed by atoms with E-state index in [9.17, 15) is 0 Å². The van der Waals surface area contributed by atoms with Crippen LogP contribution in [0.3, 0.4) is 0 Å². The van der Waals surface area contributed by atoms with Crippen LogP contribution in [0.15, 0.2) is 0 Å². The van der Waals surface area contributed by atoms with Crippen molar-refractivity contribution in [3.05, 3.63) is 0 Å². The maximum absolute atomic E-state index is 2.82. The number of piperidine rings is 1. The first-order chi connectivity index (χ1) is 8.73. The molecular formula is C17H35N. The summed E-state index contributed by atoms with van der Waals surface area (Å²) >= 11 is 0. The van der Waals surface area contributed by atoms with Gasteiger partial charge in [-0.25, -0.2) is 0 Å². The summed E-state index contributed by atoms with van der Waals surface area (Å²) in [4.78, 5) is 2.82. The molecule has 1 fully saturated rings. The van der Waals surface area contributed by atoms with Crippen molar-refractivity contribution in [2.75, 3.05) is 13.1 Å². The Kier molecular flexibility index (Phi) is 7.97. The Morgan fingerprint density at radius 2 is 1.39 bits per heavy atom. The van der Waals surface area contributed by atoms with Gasteiger partial charge in [0.25, 0.3) is 0 Å². The lowest BCUT2D eigenvalue weighted by Gasteiger charge is -2.44. The van der Waals surface area contributed by atoms with Crippen LogP contribution in [0.2, 0.25) is 0 Å². The standard InChI is InChI=1S/C17H35N/c1-4-6-8-10-14-17(3,13-7-5-2)18-15-11-9-12-16-18/h4-16H2,1-3H3. The topological polar surface area (TPSA) is 3.24 Å². The van der Waals surface area contributed by atoms with Gasteiger partial charge in [0.15, 0.2) is 0 Å². The molecule has 1 rings (SSSR count). The second-order valence-electron chi connectivity index (χ2n) is 6.46. The Morgan fingerprint density at radius 3 is 2.00 bits per heavy atom. The van der Waals surface area contributed by atoms with E-state index < -0.39 is 0 Å². The molecule has 1 saturated heterocycles. The highest BCUT2D eigenvalue weighted by atomic mass is 15.2. The molecule has 1 atom stereocenters. The van der Waals surface area contributed by atoms with Crippen LogP contribution in [0.5, 0.6) is 0 Å². The van der Waals surface area contributed by atoms with Gasteiger partial charge < -0.3 is 0 Å². The molecular weight excluding hydrogens is 218 g/mol. The molecule has 0 aromatic carbocycles. The molecule has 1 nitrogen and oxygen atoms in total. The summed E-state index contributed by atoms with van der Waals surface area (Å²) in [6.45, 7) is 9.89. The Labute approximate surface area is 115 Å². The number of hydrogen-bond acceptors (Lipinski definition) is 1. The quantitative estimate of drug-likeness (QED) is 0.498. The monoisotopic (exact) mass is 253 g/mol. The SMILES string of the molecule is CCCCCCC(C)(CCCC)N1CCCCC1. The smallest absolute Gasteiger partial charge is 0.0181 e. The molecule has 1 heteroatoms. The zero-order valence-electron chi connectivity index (χ0n) is 13.1. The third-order valence-electron chi connectivity index (χ3n) is 4.76. The van der Waals surface area contributed by atoms with Crippen molar-refractivity contribution < 1.29 is 0 Å². The lowest BCUT2D eigenvalue weighted by molar-refractivity contribution is 0.0611. The number of likely N-dealkylation sites (tertiary alicyclic amines) is 1. The molecule has 1 heterocycles. The van der Waals surface area contributed by atoms with Gasteiger partial charge in [0.1, 0.15) is 0 Å². The summed E-state index contributed by atoms with van der Waals surface area (Å²) in [5.41, 5.74) is 0.504. The summed E-state index contributed by atoms with van der Waals surface area (Å²) in [6, 6.07) is 0. The summed E-state index contributed by atoms with van der Waals surface area (Å²) in [5.74, 6) is 0. The van der Waals surface area contributed by atoms with Gasteiger partial charge in [0.05, 0.1) is 0 Å². The second-order valence-corrected chi connectivity index (χ2v) is 6.46. The largest absolute Gasteiger partial charge is 0.298 e. The Balaban J connectivity index is 2.44. The fourth-order valence-electron chi connectivity index (χ4n) is 3.37. The normalized spacial score (nSPS) is 20.8. The lowest BCUT2D eigenvalue weighted by atomic mass is 9.85. The number of hydrogen-bond donors (Lipinski definition) is 0. The molecule has 0 bridgehead atoms. The van der Waals surface area contributed by atoms with E-state index in [1.54, 1.807) is 0 Å². The highest BCUT2D eigenvalue weighted by molar-refractivity contribution is 4.87. The number of rotatable bonds is 9. The lowest BCUT2D eigenvalue weighted by Crippen LogP contribution is -2.48. The summed E-state index contributed by atoms with van der Waals surface area (Å²) < 4.78 is 0.